The first-order valence-corrected chi connectivity index (χ1v) is 5.19. The molecule has 1 aliphatic rings. The largest absolute Gasteiger partial charge is 0.473 e. The summed E-state index contributed by atoms with van der Waals surface area (Å²) in [6, 6.07) is -0.569. The minimum Gasteiger partial charge on any atom is -0.356 e. The van der Waals surface area contributed by atoms with Crippen LogP contribution in [0, 0.1) is 0 Å². The zero-order valence-electron chi connectivity index (χ0n) is 9.42. The first-order chi connectivity index (χ1) is 7.96. The highest BCUT2D eigenvalue weighted by atomic mass is 19.4. The predicted molar refractivity (Wildman–Crippen MR) is 51.8 cm³/mol. The van der Waals surface area contributed by atoms with Crippen molar-refractivity contribution in [1.29, 1.82) is 0 Å². The molecule has 0 aliphatic carbocycles. The average molecular weight is 256 g/mol. The number of amides is 1. The maximum Gasteiger partial charge on any atom is 0.473 e. The van der Waals surface area contributed by atoms with Gasteiger partial charge in [0.05, 0.1) is 6.04 Å². The Labute approximate surface area is 96.8 Å². The summed E-state index contributed by atoms with van der Waals surface area (Å²) >= 11 is 0. The molecule has 0 aromatic carbocycles. The van der Waals surface area contributed by atoms with Crippen LogP contribution in [0.1, 0.15) is 12.8 Å². The van der Waals surface area contributed by atoms with Crippen molar-refractivity contribution in [3.8, 4) is 0 Å². The van der Waals surface area contributed by atoms with Gasteiger partial charge in [0, 0.05) is 7.11 Å². The fourth-order valence-corrected chi connectivity index (χ4v) is 1.61. The van der Waals surface area contributed by atoms with Crippen LogP contribution in [-0.4, -0.2) is 50.2 Å². The third kappa shape index (κ3) is 4.14. The number of hydrogen-bond acceptors (Lipinski definition) is 4. The normalized spacial score (nSPS) is 18.1. The lowest BCUT2D eigenvalue weighted by atomic mass is 10.1. The molecule has 0 aromatic rings. The molecule has 1 rings (SSSR count). The highest BCUT2D eigenvalue weighted by Crippen LogP contribution is 2.23. The number of methoxy groups -OCH3 is 1. The lowest BCUT2D eigenvalue weighted by Gasteiger charge is -2.33. The molecule has 0 spiro atoms. The number of piperidine rings is 1. The number of hydroxylamine groups is 2. The van der Waals surface area contributed by atoms with Gasteiger partial charge in [-0.2, -0.15) is 13.2 Å². The summed E-state index contributed by atoms with van der Waals surface area (Å²) in [4.78, 5) is 15.9. The standard InChI is InChI=1S/C9H15F3N2O3/c1-16-6-17-14(8(15)9(10,11)12)7-2-4-13-5-3-7/h7,13H,2-6H2,1H3. The number of carbonyl (C=O) groups excluding carboxylic acids is 1. The fourth-order valence-electron chi connectivity index (χ4n) is 1.61. The molecule has 0 saturated carbocycles. The Bertz CT molecular complexity index is 254. The summed E-state index contributed by atoms with van der Waals surface area (Å²) in [5.41, 5.74) is 0. The van der Waals surface area contributed by atoms with Crippen molar-refractivity contribution in [3.05, 3.63) is 0 Å². The van der Waals surface area contributed by atoms with Crippen LogP contribution >= 0.6 is 0 Å². The van der Waals surface area contributed by atoms with Crippen molar-refractivity contribution in [2.45, 2.75) is 25.1 Å². The number of rotatable bonds is 4. The van der Waals surface area contributed by atoms with E-state index in [4.69, 9.17) is 4.84 Å². The molecule has 0 radical (unpaired) electrons. The van der Waals surface area contributed by atoms with Crippen molar-refractivity contribution >= 4 is 5.91 Å². The monoisotopic (exact) mass is 256 g/mol. The van der Waals surface area contributed by atoms with E-state index in [1.54, 1.807) is 0 Å². The Morgan fingerprint density at radius 1 is 1.41 bits per heavy atom. The Kier molecular flexibility index (Phi) is 5.16. The van der Waals surface area contributed by atoms with Gasteiger partial charge in [0.2, 0.25) is 0 Å². The quantitative estimate of drug-likeness (QED) is 0.593. The molecule has 0 aromatic heterocycles. The second-order valence-electron chi connectivity index (χ2n) is 3.65. The lowest BCUT2D eigenvalue weighted by molar-refractivity contribution is -0.263. The van der Waals surface area contributed by atoms with Crippen molar-refractivity contribution in [2.24, 2.45) is 0 Å². The molecule has 1 amide bonds. The van der Waals surface area contributed by atoms with Gasteiger partial charge in [-0.1, -0.05) is 0 Å². The van der Waals surface area contributed by atoms with Crippen LogP contribution in [0.4, 0.5) is 13.2 Å². The second-order valence-corrected chi connectivity index (χ2v) is 3.65. The summed E-state index contributed by atoms with van der Waals surface area (Å²) in [6.07, 6.45) is -4.09. The SMILES string of the molecule is COCON(C(=O)C(F)(F)F)C1CCNCC1. The summed E-state index contributed by atoms with van der Waals surface area (Å²) in [7, 11) is 1.28. The molecular weight excluding hydrogens is 241 g/mol. The molecule has 1 N–H and O–H groups in total. The van der Waals surface area contributed by atoms with Crippen molar-refractivity contribution in [1.82, 2.24) is 10.4 Å². The Morgan fingerprint density at radius 3 is 2.47 bits per heavy atom. The van der Waals surface area contributed by atoms with E-state index in [9.17, 15) is 18.0 Å². The van der Waals surface area contributed by atoms with Crippen molar-refractivity contribution in [2.75, 3.05) is 27.0 Å². The molecule has 1 aliphatic heterocycles. The molecule has 0 unspecified atom stereocenters. The van der Waals surface area contributed by atoms with Crippen LogP contribution in [0.15, 0.2) is 0 Å². The number of halogens is 3. The van der Waals surface area contributed by atoms with Gasteiger partial charge in [-0.3, -0.25) is 4.79 Å². The van der Waals surface area contributed by atoms with Gasteiger partial charge in [0.15, 0.2) is 6.79 Å². The van der Waals surface area contributed by atoms with Crippen LogP contribution in [0.5, 0.6) is 0 Å². The molecule has 8 heteroatoms. The molecule has 1 saturated heterocycles. The molecule has 17 heavy (non-hydrogen) atoms. The molecule has 1 fully saturated rings. The van der Waals surface area contributed by atoms with Crippen molar-refractivity contribution < 1.29 is 27.5 Å². The van der Waals surface area contributed by atoms with Crippen LogP contribution in [0.25, 0.3) is 0 Å². The summed E-state index contributed by atoms with van der Waals surface area (Å²) in [6.45, 7) is 0.733. The molecule has 5 nitrogen and oxygen atoms in total. The van der Waals surface area contributed by atoms with Gasteiger partial charge >= 0.3 is 12.1 Å². The van der Waals surface area contributed by atoms with Gasteiger partial charge in [-0.05, 0) is 25.9 Å². The van der Waals surface area contributed by atoms with Gasteiger partial charge < -0.3 is 10.1 Å². The number of alkyl halides is 3. The van der Waals surface area contributed by atoms with E-state index in [1.807, 2.05) is 0 Å². The zero-order chi connectivity index (χ0) is 12.9. The Morgan fingerprint density at radius 2 is 2.00 bits per heavy atom. The number of carbonyl (C=O) groups is 1. The molecule has 100 valence electrons. The Balaban J connectivity index is 2.68. The Hall–Kier alpha value is -0.860. The molecule has 0 bridgehead atoms. The first kappa shape index (κ1) is 14.2. The van der Waals surface area contributed by atoms with Crippen LogP contribution in [0.2, 0.25) is 0 Å². The highest BCUT2D eigenvalue weighted by molar-refractivity contribution is 5.81. The second kappa shape index (κ2) is 6.18. The van der Waals surface area contributed by atoms with Crippen LogP contribution in [0.3, 0.4) is 0 Å². The fraction of sp³-hybridized carbons (Fsp3) is 0.889. The minimum atomic E-state index is -4.93. The molecule has 1 heterocycles. The maximum atomic E-state index is 12.4. The summed E-state index contributed by atoms with van der Waals surface area (Å²) < 4.78 is 41.6. The van der Waals surface area contributed by atoms with E-state index >= 15 is 0 Å². The highest BCUT2D eigenvalue weighted by Gasteiger charge is 2.45. The third-order valence-electron chi connectivity index (χ3n) is 2.39. The van der Waals surface area contributed by atoms with Gasteiger partial charge in [-0.25, -0.2) is 9.90 Å². The summed E-state index contributed by atoms with van der Waals surface area (Å²) in [5, 5.41) is 3.39. The number of nitrogens with one attached hydrogen (secondary N) is 1. The number of nitrogens with zero attached hydrogens (tertiary/aromatic N) is 1. The summed E-state index contributed by atoms with van der Waals surface area (Å²) in [5.74, 6) is -1.98. The number of ether oxygens (including phenoxy) is 1. The van der Waals surface area contributed by atoms with E-state index < -0.39 is 18.1 Å². The van der Waals surface area contributed by atoms with E-state index in [0.717, 1.165) is 0 Å². The molecule has 0 atom stereocenters. The maximum absolute atomic E-state index is 12.4. The van der Waals surface area contributed by atoms with E-state index in [2.05, 4.69) is 10.1 Å². The predicted octanol–water partition coefficient (Wildman–Crippen LogP) is 0.665. The van der Waals surface area contributed by atoms with E-state index in [0.29, 0.717) is 31.0 Å². The zero-order valence-corrected chi connectivity index (χ0v) is 9.42. The topological polar surface area (TPSA) is 50.8 Å². The average Bonchev–Trinajstić information content (AvgIpc) is 2.29. The van der Waals surface area contributed by atoms with Gasteiger partial charge in [0.1, 0.15) is 0 Å². The lowest BCUT2D eigenvalue weighted by Crippen LogP contribution is -2.50. The third-order valence-corrected chi connectivity index (χ3v) is 2.39. The smallest absolute Gasteiger partial charge is 0.356 e. The van der Waals surface area contributed by atoms with Gasteiger partial charge in [0.25, 0.3) is 0 Å². The van der Waals surface area contributed by atoms with Gasteiger partial charge in [-0.15, -0.1) is 0 Å². The van der Waals surface area contributed by atoms with Crippen LogP contribution < -0.4 is 5.32 Å². The first-order valence-electron chi connectivity index (χ1n) is 5.19. The van der Waals surface area contributed by atoms with E-state index in [1.165, 1.54) is 7.11 Å². The number of hydrogen-bond donors (Lipinski definition) is 1. The van der Waals surface area contributed by atoms with Crippen molar-refractivity contribution in [3.63, 3.8) is 0 Å². The van der Waals surface area contributed by atoms with Crippen LogP contribution in [-0.2, 0) is 14.4 Å². The van der Waals surface area contributed by atoms with E-state index in [-0.39, 0.29) is 6.79 Å². The minimum absolute atomic E-state index is 0.383. The molecular formula is C9H15F3N2O3.